The van der Waals surface area contributed by atoms with E-state index in [9.17, 15) is 24.2 Å². The van der Waals surface area contributed by atoms with Crippen molar-refractivity contribution in [1.82, 2.24) is 24.5 Å². The minimum atomic E-state index is -0.801. The number of aromatic nitrogens is 5. The van der Waals surface area contributed by atoms with Crippen LogP contribution in [0.25, 0.3) is 28.4 Å². The van der Waals surface area contributed by atoms with Crippen LogP contribution in [-0.4, -0.2) is 40.5 Å². The molecule has 0 aliphatic carbocycles. The number of nitrogens with zero attached hydrogens (tertiary/aromatic N) is 3. The molecule has 5 rings (SSSR count). The molecule has 32 heavy (non-hydrogen) atoms. The van der Waals surface area contributed by atoms with E-state index in [-0.39, 0.29) is 34.1 Å². The van der Waals surface area contributed by atoms with Crippen LogP contribution < -0.4 is 5.56 Å². The highest BCUT2D eigenvalue weighted by atomic mass is 19.1. The molecule has 0 amide bonds. The van der Waals surface area contributed by atoms with Gasteiger partial charge in [0.1, 0.15) is 11.6 Å². The molecule has 4 heterocycles. The van der Waals surface area contributed by atoms with Gasteiger partial charge in [0, 0.05) is 5.56 Å². The Kier molecular flexibility index (Phi) is 4.19. The number of aryl methyl sites for hydroxylation is 1. The minimum absolute atomic E-state index is 0.0101. The van der Waals surface area contributed by atoms with Crippen LogP contribution in [0.2, 0.25) is 0 Å². The maximum Gasteiger partial charge on any atom is 0.276 e. The van der Waals surface area contributed by atoms with Gasteiger partial charge in [-0.2, -0.15) is 4.98 Å². The predicted octanol–water partition coefficient (Wildman–Crippen LogP) is 2.79. The van der Waals surface area contributed by atoms with Crippen molar-refractivity contribution >= 4 is 16.9 Å². The van der Waals surface area contributed by atoms with Crippen LogP contribution in [0.1, 0.15) is 21.9 Å². The van der Waals surface area contributed by atoms with E-state index in [0.717, 1.165) is 17.0 Å². The van der Waals surface area contributed by atoms with Crippen LogP contribution in [0, 0.1) is 12.7 Å². The molecule has 5 aromatic rings. The minimum Gasteiger partial charge on any atom is -0.503 e. The van der Waals surface area contributed by atoms with E-state index < -0.39 is 34.4 Å². The molecule has 0 bridgehead atoms. The molecule has 0 unspecified atom stereocenters. The monoisotopic (exact) mass is 435 g/mol. The van der Waals surface area contributed by atoms with Crippen molar-refractivity contribution in [1.29, 1.82) is 0 Å². The van der Waals surface area contributed by atoms with Gasteiger partial charge in [0.05, 0.1) is 17.6 Å². The first-order valence-corrected chi connectivity index (χ1v) is 9.33. The van der Waals surface area contributed by atoms with E-state index in [4.69, 9.17) is 4.42 Å². The number of aromatic amines is 2. The molecule has 10 nitrogen and oxygen atoms in total. The number of furan rings is 1. The van der Waals surface area contributed by atoms with Gasteiger partial charge < -0.3 is 24.6 Å². The number of fused-ring (bicyclic) bond motifs is 1. The van der Waals surface area contributed by atoms with E-state index in [0.29, 0.717) is 5.76 Å². The van der Waals surface area contributed by atoms with E-state index in [1.54, 1.807) is 13.0 Å². The fourth-order valence-corrected chi connectivity index (χ4v) is 3.49. The van der Waals surface area contributed by atoms with Crippen molar-refractivity contribution in [2.75, 3.05) is 0 Å². The number of ketones is 1. The first-order valence-electron chi connectivity index (χ1n) is 9.33. The first-order chi connectivity index (χ1) is 15.4. The van der Waals surface area contributed by atoms with Gasteiger partial charge in [-0.3, -0.25) is 9.59 Å². The van der Waals surface area contributed by atoms with E-state index >= 15 is 0 Å². The van der Waals surface area contributed by atoms with E-state index in [1.165, 1.54) is 24.3 Å². The molecule has 160 valence electrons. The van der Waals surface area contributed by atoms with E-state index in [2.05, 4.69) is 19.9 Å². The zero-order valence-corrected chi connectivity index (χ0v) is 16.4. The highest BCUT2D eigenvalue weighted by Crippen LogP contribution is 2.44. The van der Waals surface area contributed by atoms with Gasteiger partial charge in [-0.05, 0) is 31.2 Å². The summed E-state index contributed by atoms with van der Waals surface area (Å²) in [5.74, 6) is -2.92. The Morgan fingerprint density at radius 3 is 2.66 bits per heavy atom. The largest absolute Gasteiger partial charge is 0.503 e. The van der Waals surface area contributed by atoms with Crippen LogP contribution in [0.5, 0.6) is 11.6 Å². The zero-order chi connectivity index (χ0) is 22.6. The summed E-state index contributed by atoms with van der Waals surface area (Å²) in [6, 6.07) is 8.48. The van der Waals surface area contributed by atoms with Crippen LogP contribution in [-0.2, 0) is 0 Å². The molecule has 0 fully saturated rings. The lowest BCUT2D eigenvalue weighted by atomic mass is 10.0. The molecular weight excluding hydrogens is 421 g/mol. The molecule has 0 aliphatic heterocycles. The molecule has 4 N–H and O–H groups in total. The number of halogens is 1. The van der Waals surface area contributed by atoms with Crippen molar-refractivity contribution in [3.05, 3.63) is 76.0 Å². The van der Waals surface area contributed by atoms with E-state index in [1.807, 2.05) is 0 Å². The summed E-state index contributed by atoms with van der Waals surface area (Å²) in [6.07, 6.45) is 1.15. The fourth-order valence-electron chi connectivity index (χ4n) is 3.49. The predicted molar refractivity (Wildman–Crippen MR) is 109 cm³/mol. The second kappa shape index (κ2) is 6.94. The van der Waals surface area contributed by atoms with Gasteiger partial charge in [0.25, 0.3) is 5.56 Å². The highest BCUT2D eigenvalue weighted by molar-refractivity contribution is 6.14. The summed E-state index contributed by atoms with van der Waals surface area (Å²) in [5, 5.41) is 21.4. The summed E-state index contributed by atoms with van der Waals surface area (Å²) in [7, 11) is 0. The van der Waals surface area contributed by atoms with Gasteiger partial charge in [-0.25, -0.2) is 13.9 Å². The van der Waals surface area contributed by atoms with Crippen molar-refractivity contribution in [2.45, 2.75) is 6.92 Å². The number of aromatic hydroxyl groups is 2. The Morgan fingerprint density at radius 1 is 1.19 bits per heavy atom. The van der Waals surface area contributed by atoms with Crippen molar-refractivity contribution in [3.8, 4) is 28.8 Å². The molecule has 0 saturated carbocycles. The van der Waals surface area contributed by atoms with Crippen LogP contribution in [0.4, 0.5) is 4.39 Å². The Morgan fingerprint density at radius 2 is 1.97 bits per heavy atom. The Labute approximate surface area is 177 Å². The molecule has 4 aromatic heterocycles. The van der Waals surface area contributed by atoms with Crippen LogP contribution >= 0.6 is 0 Å². The summed E-state index contributed by atoms with van der Waals surface area (Å²) >= 11 is 0. The number of benzene rings is 1. The van der Waals surface area contributed by atoms with Gasteiger partial charge in [-0.1, -0.05) is 12.1 Å². The summed E-state index contributed by atoms with van der Waals surface area (Å²) in [6.45, 7) is 1.63. The molecule has 1 aromatic carbocycles. The molecule has 0 atom stereocenters. The molecule has 0 radical (unpaired) electrons. The first kappa shape index (κ1) is 19.3. The number of imidazole rings is 1. The Bertz CT molecular complexity index is 1580. The Hall–Kier alpha value is -4.67. The summed E-state index contributed by atoms with van der Waals surface area (Å²) in [4.78, 5) is 38.5. The maximum atomic E-state index is 14.8. The normalized spacial score (nSPS) is 11.3. The standard InChI is InChI=1S/C21H14FN5O5/c1-9-6-7-12(32-9)16(28)13-15(10-4-2-3-5-11(10)22)27(20(31)17(13)29)21-25-14-18(26-21)23-8-24-19(14)30/h2-8,29,31H,1H3,(H2,23,24,25,26,30). The van der Waals surface area contributed by atoms with Gasteiger partial charge in [0.2, 0.25) is 17.6 Å². The van der Waals surface area contributed by atoms with Crippen LogP contribution in [0.15, 0.2) is 51.9 Å². The Balaban J connectivity index is 1.86. The topological polar surface area (TPSA) is 150 Å². The molecular formula is C21H14FN5O5. The number of hydrogen-bond acceptors (Lipinski definition) is 7. The average Bonchev–Trinajstić information content (AvgIpc) is 3.46. The van der Waals surface area contributed by atoms with Gasteiger partial charge in [-0.15, -0.1) is 0 Å². The molecule has 0 aliphatic rings. The highest BCUT2D eigenvalue weighted by Gasteiger charge is 2.33. The lowest BCUT2D eigenvalue weighted by Crippen LogP contribution is -2.07. The average molecular weight is 435 g/mol. The lowest BCUT2D eigenvalue weighted by molar-refractivity contribution is 0.101. The van der Waals surface area contributed by atoms with Crippen molar-refractivity contribution in [2.24, 2.45) is 0 Å². The second-order valence-corrected chi connectivity index (χ2v) is 6.94. The molecule has 0 spiro atoms. The fraction of sp³-hybridized carbons (Fsp3) is 0.0476. The molecule has 11 heteroatoms. The summed E-state index contributed by atoms with van der Waals surface area (Å²) in [5.41, 5.74) is -1.21. The second-order valence-electron chi connectivity index (χ2n) is 6.94. The lowest BCUT2D eigenvalue weighted by Gasteiger charge is -2.09. The van der Waals surface area contributed by atoms with Crippen LogP contribution in [0.3, 0.4) is 0 Å². The number of rotatable bonds is 4. The third-order valence-corrected chi connectivity index (χ3v) is 4.93. The third-order valence-electron chi connectivity index (χ3n) is 4.93. The van der Waals surface area contributed by atoms with Crippen molar-refractivity contribution < 1.29 is 23.8 Å². The number of carbonyl (C=O) groups is 1. The van der Waals surface area contributed by atoms with Gasteiger partial charge in [0.15, 0.2) is 22.7 Å². The third kappa shape index (κ3) is 2.79. The zero-order valence-electron chi connectivity index (χ0n) is 16.4. The number of H-pyrrole nitrogens is 2. The summed E-state index contributed by atoms with van der Waals surface area (Å²) < 4.78 is 21.1. The maximum absolute atomic E-state index is 14.8. The quantitative estimate of drug-likeness (QED) is 0.317. The van der Waals surface area contributed by atoms with Gasteiger partial charge >= 0.3 is 0 Å². The SMILES string of the molecule is Cc1ccc(C(=O)c2c(O)c(O)n(-c3nc4nc[nH]c(=O)c4[nH]3)c2-c2ccccc2F)o1. The smallest absolute Gasteiger partial charge is 0.276 e. The number of nitrogens with one attached hydrogen (secondary N) is 2. The number of carbonyl (C=O) groups excluding carboxylic acids is 1. The molecule has 0 saturated heterocycles. The number of hydrogen-bond donors (Lipinski definition) is 4. The van der Waals surface area contributed by atoms with Crippen molar-refractivity contribution in [3.63, 3.8) is 0 Å².